The van der Waals surface area contributed by atoms with E-state index in [0.29, 0.717) is 34.7 Å². The molecule has 3 aromatic rings. The van der Waals surface area contributed by atoms with Gasteiger partial charge in [-0.2, -0.15) is 19.6 Å². The summed E-state index contributed by atoms with van der Waals surface area (Å²) in [5, 5.41) is 13.6. The highest BCUT2D eigenvalue weighted by Crippen LogP contribution is 2.27. The van der Waals surface area contributed by atoms with Crippen LogP contribution < -0.4 is 16.0 Å². The number of nitrogens with one attached hydrogen (secondary N) is 3. The quantitative estimate of drug-likeness (QED) is 0.400. The average Bonchev–Trinajstić information content (AvgIpc) is 3.41. The standard InChI is InChI=1S/C22H23N7O2/c1-2-17(13-6-4-3-5-7-13)25-21-27-19-15(10-14-11-18(30)26-20(14)31)12-23-29(19)22(28-21)24-16-8-9-16/h3-7,10,12,16-17H,2,8-9,11H2,1H3,(H,26,30,31)(H2,24,25,27,28)/b14-10+/t17-/m1/s1. The van der Waals surface area contributed by atoms with Crippen LogP contribution in [-0.4, -0.2) is 37.4 Å². The molecule has 9 heteroatoms. The summed E-state index contributed by atoms with van der Waals surface area (Å²) in [6, 6.07) is 10.6. The molecule has 31 heavy (non-hydrogen) atoms. The topological polar surface area (TPSA) is 113 Å². The van der Waals surface area contributed by atoms with Crippen LogP contribution in [0.4, 0.5) is 11.9 Å². The summed E-state index contributed by atoms with van der Waals surface area (Å²) in [6.07, 6.45) is 6.43. The Labute approximate surface area is 179 Å². The molecule has 3 heterocycles. The number of fused-ring (bicyclic) bond motifs is 1. The molecular weight excluding hydrogens is 394 g/mol. The Morgan fingerprint density at radius 3 is 2.71 bits per heavy atom. The highest BCUT2D eigenvalue weighted by molar-refractivity contribution is 6.15. The lowest BCUT2D eigenvalue weighted by Gasteiger charge is -2.18. The molecular formula is C22H23N7O2. The molecule has 1 aliphatic heterocycles. The molecule has 0 unspecified atom stereocenters. The second kappa shape index (κ2) is 7.82. The van der Waals surface area contributed by atoms with Crippen LogP contribution in [0.2, 0.25) is 0 Å². The van der Waals surface area contributed by atoms with E-state index in [1.54, 1.807) is 16.8 Å². The molecule has 1 aliphatic carbocycles. The van der Waals surface area contributed by atoms with Crippen LogP contribution in [-0.2, 0) is 9.59 Å². The molecule has 9 nitrogen and oxygen atoms in total. The largest absolute Gasteiger partial charge is 0.351 e. The first-order chi connectivity index (χ1) is 15.1. The van der Waals surface area contributed by atoms with Gasteiger partial charge in [0, 0.05) is 17.2 Å². The molecule has 2 fully saturated rings. The highest BCUT2D eigenvalue weighted by atomic mass is 16.2. The molecule has 3 N–H and O–H groups in total. The third kappa shape index (κ3) is 3.98. The minimum absolute atomic E-state index is 0.0559. The van der Waals surface area contributed by atoms with Crippen LogP contribution in [0.3, 0.4) is 0 Å². The van der Waals surface area contributed by atoms with Gasteiger partial charge in [-0.1, -0.05) is 37.3 Å². The molecule has 1 saturated heterocycles. The van der Waals surface area contributed by atoms with Gasteiger partial charge >= 0.3 is 0 Å². The Morgan fingerprint density at radius 1 is 1.23 bits per heavy atom. The zero-order chi connectivity index (χ0) is 21.4. The van der Waals surface area contributed by atoms with E-state index < -0.39 is 0 Å². The summed E-state index contributed by atoms with van der Waals surface area (Å²) in [4.78, 5) is 32.9. The smallest absolute Gasteiger partial charge is 0.254 e. The van der Waals surface area contributed by atoms with Crippen molar-refractivity contribution in [2.45, 2.75) is 44.7 Å². The number of hydrogen-bond acceptors (Lipinski definition) is 7. The van der Waals surface area contributed by atoms with Crippen LogP contribution in [0, 0.1) is 0 Å². The van der Waals surface area contributed by atoms with Gasteiger partial charge in [-0.25, -0.2) is 0 Å². The maximum Gasteiger partial charge on any atom is 0.254 e. The van der Waals surface area contributed by atoms with Crippen molar-refractivity contribution in [2.24, 2.45) is 0 Å². The lowest BCUT2D eigenvalue weighted by atomic mass is 10.1. The summed E-state index contributed by atoms with van der Waals surface area (Å²) >= 11 is 0. The van der Waals surface area contributed by atoms with E-state index in [0.717, 1.165) is 24.8 Å². The van der Waals surface area contributed by atoms with E-state index in [1.165, 1.54) is 0 Å². The predicted octanol–water partition coefficient (Wildman–Crippen LogP) is 2.69. The number of imide groups is 1. The minimum Gasteiger partial charge on any atom is -0.351 e. The first kappa shape index (κ1) is 19.2. The Kier molecular flexibility index (Phi) is 4.85. The normalized spacial score (nSPS) is 18.4. The zero-order valence-electron chi connectivity index (χ0n) is 17.1. The number of nitrogens with zero attached hydrogens (tertiary/aromatic N) is 4. The molecule has 0 radical (unpaired) electrons. The minimum atomic E-state index is -0.372. The summed E-state index contributed by atoms with van der Waals surface area (Å²) in [7, 11) is 0. The maximum atomic E-state index is 12.0. The van der Waals surface area contributed by atoms with Gasteiger partial charge in [0.2, 0.25) is 17.8 Å². The second-order valence-corrected chi connectivity index (χ2v) is 7.86. The van der Waals surface area contributed by atoms with Crippen molar-refractivity contribution in [3.8, 4) is 0 Å². The van der Waals surface area contributed by atoms with Crippen molar-refractivity contribution >= 4 is 35.4 Å². The number of benzene rings is 1. The van der Waals surface area contributed by atoms with Gasteiger partial charge in [0.1, 0.15) is 0 Å². The fourth-order valence-corrected chi connectivity index (χ4v) is 3.64. The summed E-state index contributed by atoms with van der Waals surface area (Å²) < 4.78 is 1.65. The molecule has 0 bridgehead atoms. The van der Waals surface area contributed by atoms with Crippen LogP contribution in [0.25, 0.3) is 11.7 Å². The monoisotopic (exact) mass is 417 g/mol. The molecule has 0 spiro atoms. The van der Waals surface area contributed by atoms with Crippen molar-refractivity contribution in [2.75, 3.05) is 10.6 Å². The van der Waals surface area contributed by atoms with Crippen molar-refractivity contribution in [3.05, 3.63) is 53.2 Å². The maximum absolute atomic E-state index is 12.0. The summed E-state index contributed by atoms with van der Waals surface area (Å²) in [5.41, 5.74) is 2.79. The molecule has 1 atom stereocenters. The van der Waals surface area contributed by atoms with Crippen LogP contribution in [0.5, 0.6) is 0 Å². The van der Waals surface area contributed by atoms with Gasteiger partial charge in [0.25, 0.3) is 5.91 Å². The Morgan fingerprint density at radius 2 is 2.03 bits per heavy atom. The summed E-state index contributed by atoms with van der Waals surface area (Å²) in [6.45, 7) is 2.11. The van der Waals surface area contributed by atoms with Crippen molar-refractivity contribution < 1.29 is 9.59 Å². The van der Waals surface area contributed by atoms with E-state index in [-0.39, 0.29) is 24.3 Å². The van der Waals surface area contributed by atoms with E-state index in [9.17, 15) is 9.59 Å². The van der Waals surface area contributed by atoms with Crippen LogP contribution in [0.15, 0.2) is 42.1 Å². The number of rotatable bonds is 7. The van der Waals surface area contributed by atoms with Gasteiger partial charge in [-0.3, -0.25) is 14.9 Å². The number of carbonyl (C=O) groups excluding carboxylic acids is 2. The van der Waals surface area contributed by atoms with Gasteiger partial charge in [-0.15, -0.1) is 0 Å². The molecule has 1 saturated carbocycles. The average molecular weight is 417 g/mol. The Balaban J connectivity index is 1.54. The Bertz CT molecular complexity index is 1180. The Hall–Kier alpha value is -3.75. The molecule has 1 aromatic carbocycles. The van der Waals surface area contributed by atoms with Gasteiger partial charge in [0.05, 0.1) is 18.7 Å². The molecule has 158 valence electrons. The van der Waals surface area contributed by atoms with E-state index >= 15 is 0 Å². The lowest BCUT2D eigenvalue weighted by Crippen LogP contribution is -2.19. The van der Waals surface area contributed by atoms with Crippen molar-refractivity contribution in [1.29, 1.82) is 0 Å². The number of amides is 2. The fraction of sp³-hybridized carbons (Fsp3) is 0.318. The molecule has 5 rings (SSSR count). The molecule has 2 aromatic heterocycles. The van der Waals surface area contributed by atoms with Crippen LogP contribution >= 0.6 is 0 Å². The first-order valence-electron chi connectivity index (χ1n) is 10.5. The summed E-state index contributed by atoms with van der Waals surface area (Å²) in [5.74, 6) is 0.422. The van der Waals surface area contributed by atoms with E-state index in [1.807, 2.05) is 18.2 Å². The SMILES string of the molecule is CC[C@@H](Nc1nc(NC2CC2)n2ncc(/C=C3\CC(=O)NC3=O)c2n1)c1ccccc1. The van der Waals surface area contributed by atoms with Gasteiger partial charge < -0.3 is 10.6 Å². The first-order valence-corrected chi connectivity index (χ1v) is 10.5. The lowest BCUT2D eigenvalue weighted by molar-refractivity contribution is -0.124. The predicted molar refractivity (Wildman–Crippen MR) is 116 cm³/mol. The van der Waals surface area contributed by atoms with Crippen molar-refractivity contribution in [1.82, 2.24) is 24.9 Å². The van der Waals surface area contributed by atoms with Crippen molar-refractivity contribution in [3.63, 3.8) is 0 Å². The third-order valence-electron chi connectivity index (χ3n) is 5.44. The number of anilines is 2. The van der Waals surface area contributed by atoms with Gasteiger partial charge in [0.15, 0.2) is 5.65 Å². The molecule has 2 aliphatic rings. The number of hydrogen-bond donors (Lipinski definition) is 3. The zero-order valence-corrected chi connectivity index (χ0v) is 17.1. The van der Waals surface area contributed by atoms with E-state index in [2.05, 4.69) is 45.1 Å². The fourth-order valence-electron chi connectivity index (χ4n) is 3.64. The number of aromatic nitrogens is 4. The van der Waals surface area contributed by atoms with Gasteiger partial charge in [-0.05, 0) is 30.9 Å². The van der Waals surface area contributed by atoms with Crippen LogP contribution in [0.1, 0.15) is 49.8 Å². The highest BCUT2D eigenvalue weighted by Gasteiger charge is 2.26. The third-order valence-corrected chi connectivity index (χ3v) is 5.44. The second-order valence-electron chi connectivity index (χ2n) is 7.86. The van der Waals surface area contributed by atoms with E-state index in [4.69, 9.17) is 4.98 Å². The molecule has 2 amide bonds. The number of carbonyl (C=O) groups is 2.